The van der Waals surface area contributed by atoms with E-state index in [1.165, 1.54) is 5.56 Å². The minimum atomic E-state index is -0.282. The van der Waals surface area contributed by atoms with Crippen molar-refractivity contribution in [3.8, 4) is 0 Å². The lowest BCUT2D eigenvalue weighted by Gasteiger charge is -2.32. The van der Waals surface area contributed by atoms with Crippen LogP contribution in [0.15, 0.2) is 24.3 Å². The summed E-state index contributed by atoms with van der Waals surface area (Å²) in [5, 5.41) is 0. The van der Waals surface area contributed by atoms with Gasteiger partial charge in [0.05, 0.1) is 11.2 Å². The Labute approximate surface area is 110 Å². The standard InChI is InChI=1S/C14H22BNO2/c1-10(16)11-6-8-12(9-7-11)15-17-13(2,3)14(4,5)18-15/h6-10H,16H2,1-5H3/p+1. The van der Waals surface area contributed by atoms with Crippen LogP contribution in [-0.2, 0) is 9.31 Å². The van der Waals surface area contributed by atoms with E-state index in [-0.39, 0.29) is 18.3 Å². The maximum Gasteiger partial charge on any atom is 0.494 e. The summed E-state index contributed by atoms with van der Waals surface area (Å²) in [6.45, 7) is 10.4. The fourth-order valence-corrected chi connectivity index (χ4v) is 1.96. The Hall–Kier alpha value is -0.835. The number of hydrogen-bond donors (Lipinski definition) is 1. The molecule has 1 saturated heterocycles. The largest absolute Gasteiger partial charge is 0.494 e. The minimum absolute atomic E-state index is 0.274. The molecular weight excluding hydrogens is 225 g/mol. The molecule has 0 aliphatic carbocycles. The van der Waals surface area contributed by atoms with E-state index in [2.05, 4.69) is 64.6 Å². The van der Waals surface area contributed by atoms with Gasteiger partial charge in [-0.3, -0.25) is 0 Å². The Morgan fingerprint density at radius 1 is 1.00 bits per heavy atom. The van der Waals surface area contributed by atoms with E-state index in [0.29, 0.717) is 6.04 Å². The van der Waals surface area contributed by atoms with Gasteiger partial charge in [-0.05, 0) is 40.1 Å². The second-order valence-corrected chi connectivity index (χ2v) is 6.16. The van der Waals surface area contributed by atoms with Crippen molar-refractivity contribution in [3.05, 3.63) is 29.8 Å². The summed E-state index contributed by atoms with van der Waals surface area (Å²) in [6.07, 6.45) is 0. The second kappa shape index (κ2) is 4.37. The van der Waals surface area contributed by atoms with Crippen molar-refractivity contribution in [2.24, 2.45) is 0 Å². The van der Waals surface area contributed by atoms with Crippen LogP contribution in [-0.4, -0.2) is 18.3 Å². The molecule has 1 heterocycles. The van der Waals surface area contributed by atoms with Gasteiger partial charge in [-0.1, -0.05) is 24.3 Å². The van der Waals surface area contributed by atoms with E-state index in [1.54, 1.807) is 0 Å². The van der Waals surface area contributed by atoms with Gasteiger partial charge in [0.2, 0.25) is 0 Å². The molecule has 1 aliphatic rings. The Balaban J connectivity index is 2.19. The van der Waals surface area contributed by atoms with E-state index in [4.69, 9.17) is 9.31 Å². The van der Waals surface area contributed by atoms with Crippen molar-refractivity contribution in [3.63, 3.8) is 0 Å². The average molecular weight is 248 g/mol. The highest BCUT2D eigenvalue weighted by Gasteiger charge is 2.51. The van der Waals surface area contributed by atoms with Gasteiger partial charge < -0.3 is 15.0 Å². The topological polar surface area (TPSA) is 46.1 Å². The Bertz CT molecular complexity index is 410. The predicted molar refractivity (Wildman–Crippen MR) is 73.5 cm³/mol. The zero-order valence-electron chi connectivity index (χ0n) is 12.0. The van der Waals surface area contributed by atoms with Gasteiger partial charge in [0.25, 0.3) is 0 Å². The van der Waals surface area contributed by atoms with Crippen LogP contribution in [0.5, 0.6) is 0 Å². The molecule has 0 amide bonds. The van der Waals surface area contributed by atoms with Gasteiger partial charge in [-0.2, -0.15) is 0 Å². The highest BCUT2D eigenvalue weighted by Crippen LogP contribution is 2.36. The number of quaternary nitrogens is 1. The van der Waals surface area contributed by atoms with Crippen molar-refractivity contribution in [1.82, 2.24) is 0 Å². The molecule has 0 aromatic heterocycles. The molecule has 0 radical (unpaired) electrons. The summed E-state index contributed by atoms with van der Waals surface area (Å²) >= 11 is 0. The van der Waals surface area contributed by atoms with Crippen LogP contribution in [0.2, 0.25) is 0 Å². The zero-order chi connectivity index (χ0) is 13.6. The first-order valence-corrected chi connectivity index (χ1v) is 6.51. The van der Waals surface area contributed by atoms with Crippen LogP contribution in [0, 0.1) is 0 Å². The van der Waals surface area contributed by atoms with Crippen LogP contribution in [0.3, 0.4) is 0 Å². The third kappa shape index (κ3) is 2.33. The quantitative estimate of drug-likeness (QED) is 0.801. The molecule has 3 N–H and O–H groups in total. The molecule has 1 aromatic rings. The van der Waals surface area contributed by atoms with Gasteiger partial charge in [-0.15, -0.1) is 0 Å². The molecule has 2 rings (SSSR count). The van der Waals surface area contributed by atoms with Gasteiger partial charge in [0, 0.05) is 5.56 Å². The SMILES string of the molecule is CC([NH3+])c1ccc(B2OC(C)(C)C(C)(C)O2)cc1. The molecular formula is C14H23BNO2+. The van der Waals surface area contributed by atoms with Crippen molar-refractivity contribution in [2.45, 2.75) is 51.9 Å². The molecule has 0 saturated carbocycles. The molecule has 1 unspecified atom stereocenters. The molecule has 98 valence electrons. The summed E-state index contributed by atoms with van der Waals surface area (Å²) in [7, 11) is -0.274. The average Bonchev–Trinajstić information content (AvgIpc) is 2.48. The Morgan fingerprint density at radius 2 is 1.44 bits per heavy atom. The van der Waals surface area contributed by atoms with Crippen LogP contribution < -0.4 is 11.2 Å². The summed E-state index contributed by atoms with van der Waals surface area (Å²) in [6, 6.07) is 8.63. The van der Waals surface area contributed by atoms with Gasteiger partial charge in [0.15, 0.2) is 0 Å². The van der Waals surface area contributed by atoms with Gasteiger partial charge in [-0.25, -0.2) is 0 Å². The van der Waals surface area contributed by atoms with Crippen molar-refractivity contribution in [2.75, 3.05) is 0 Å². The summed E-state index contributed by atoms with van der Waals surface area (Å²) in [5.41, 5.74) is 5.76. The number of benzene rings is 1. The van der Waals surface area contributed by atoms with Crippen LogP contribution in [0.4, 0.5) is 0 Å². The summed E-state index contributed by atoms with van der Waals surface area (Å²) < 4.78 is 12.0. The smallest absolute Gasteiger partial charge is 0.399 e. The lowest BCUT2D eigenvalue weighted by Crippen LogP contribution is -2.51. The zero-order valence-corrected chi connectivity index (χ0v) is 12.0. The molecule has 4 heteroatoms. The summed E-state index contributed by atoms with van der Waals surface area (Å²) in [5.74, 6) is 0. The molecule has 3 nitrogen and oxygen atoms in total. The van der Waals surface area contributed by atoms with Crippen molar-refractivity contribution < 1.29 is 15.0 Å². The first kappa shape index (κ1) is 13.6. The fourth-order valence-electron chi connectivity index (χ4n) is 1.96. The molecule has 1 aliphatic heterocycles. The highest BCUT2D eigenvalue weighted by atomic mass is 16.7. The monoisotopic (exact) mass is 248 g/mol. The molecule has 1 atom stereocenters. The maximum atomic E-state index is 6.01. The second-order valence-electron chi connectivity index (χ2n) is 6.16. The van der Waals surface area contributed by atoms with Crippen LogP contribution in [0.25, 0.3) is 0 Å². The molecule has 1 fully saturated rings. The number of hydrogen-bond acceptors (Lipinski definition) is 2. The van der Waals surface area contributed by atoms with Crippen LogP contribution >= 0.6 is 0 Å². The minimum Gasteiger partial charge on any atom is -0.399 e. The first-order valence-electron chi connectivity index (χ1n) is 6.51. The van der Waals surface area contributed by atoms with Crippen LogP contribution in [0.1, 0.15) is 46.2 Å². The molecule has 1 aromatic carbocycles. The van der Waals surface area contributed by atoms with E-state index < -0.39 is 0 Å². The van der Waals surface area contributed by atoms with Gasteiger partial charge in [0.1, 0.15) is 6.04 Å². The van der Waals surface area contributed by atoms with E-state index in [9.17, 15) is 0 Å². The van der Waals surface area contributed by atoms with E-state index in [0.717, 1.165) is 5.46 Å². The normalized spacial score (nSPS) is 23.1. The molecule has 0 spiro atoms. The Kier molecular flexibility index (Phi) is 3.30. The lowest BCUT2D eigenvalue weighted by atomic mass is 9.78. The van der Waals surface area contributed by atoms with Gasteiger partial charge >= 0.3 is 7.12 Å². The molecule has 0 bridgehead atoms. The third-order valence-corrected chi connectivity index (χ3v) is 4.03. The fraction of sp³-hybridized carbons (Fsp3) is 0.571. The predicted octanol–water partition coefficient (Wildman–Crippen LogP) is 1.29. The number of rotatable bonds is 2. The van der Waals surface area contributed by atoms with Crippen molar-refractivity contribution >= 4 is 12.6 Å². The van der Waals surface area contributed by atoms with Crippen molar-refractivity contribution in [1.29, 1.82) is 0 Å². The summed E-state index contributed by atoms with van der Waals surface area (Å²) in [4.78, 5) is 0. The Morgan fingerprint density at radius 3 is 1.83 bits per heavy atom. The third-order valence-electron chi connectivity index (χ3n) is 4.03. The maximum absolute atomic E-state index is 6.01. The van der Waals surface area contributed by atoms with E-state index in [1.807, 2.05) is 0 Å². The first-order chi connectivity index (χ1) is 8.23. The van der Waals surface area contributed by atoms with E-state index >= 15 is 0 Å². The highest BCUT2D eigenvalue weighted by molar-refractivity contribution is 6.62. The molecule has 18 heavy (non-hydrogen) atoms. The lowest BCUT2D eigenvalue weighted by molar-refractivity contribution is -0.420.